The lowest BCUT2D eigenvalue weighted by Crippen LogP contribution is -2.49. The number of halogens is 4. The second-order valence-electron chi connectivity index (χ2n) is 9.49. The first-order valence-electron chi connectivity index (χ1n) is 12.1. The first-order chi connectivity index (χ1) is 17.7. The maximum absolute atomic E-state index is 13.2. The van der Waals surface area contributed by atoms with Crippen molar-refractivity contribution in [2.75, 3.05) is 32.9 Å². The lowest BCUT2D eigenvalue weighted by atomic mass is 9.86. The van der Waals surface area contributed by atoms with Gasteiger partial charge in [0.1, 0.15) is 30.0 Å². The minimum atomic E-state index is -4.42. The zero-order valence-electron chi connectivity index (χ0n) is 20.3. The second kappa shape index (κ2) is 10.1. The van der Waals surface area contributed by atoms with E-state index < -0.39 is 17.8 Å². The largest absolute Gasteiger partial charge is 0.508 e. The molecule has 194 valence electrons. The minimum absolute atomic E-state index is 0.0621. The van der Waals surface area contributed by atoms with Crippen LogP contribution in [0.4, 0.5) is 17.6 Å². The van der Waals surface area contributed by atoms with Gasteiger partial charge in [-0.3, -0.25) is 9.29 Å². The van der Waals surface area contributed by atoms with Crippen LogP contribution in [0.2, 0.25) is 0 Å². The SMILES string of the molecule is CC1=C(c2ccc(C(F)(F)F)cc2)[C@H](c2ccc(OCCN3CC(CF)C3)cc2)Oc2cc(O)ccc21. The van der Waals surface area contributed by atoms with Crippen LogP contribution < -0.4 is 9.47 Å². The van der Waals surface area contributed by atoms with Gasteiger partial charge in [0.05, 0.1) is 12.2 Å². The molecule has 1 saturated heterocycles. The normalized spacial score (nSPS) is 18.2. The number of phenolic OH excluding ortho intramolecular Hbond substituents is 1. The van der Waals surface area contributed by atoms with Gasteiger partial charge in [-0.15, -0.1) is 0 Å². The smallest absolute Gasteiger partial charge is 0.416 e. The molecule has 0 saturated carbocycles. The van der Waals surface area contributed by atoms with Crippen LogP contribution in [0.5, 0.6) is 17.2 Å². The predicted octanol–water partition coefficient (Wildman–Crippen LogP) is 6.76. The molecule has 4 nitrogen and oxygen atoms in total. The summed E-state index contributed by atoms with van der Waals surface area (Å²) in [5.74, 6) is 1.38. The summed E-state index contributed by atoms with van der Waals surface area (Å²) in [6.45, 7) is 4.35. The predicted molar refractivity (Wildman–Crippen MR) is 133 cm³/mol. The van der Waals surface area contributed by atoms with Gasteiger partial charge in [-0.05, 0) is 60.0 Å². The summed E-state index contributed by atoms with van der Waals surface area (Å²) < 4.78 is 64.2. The Morgan fingerprint density at radius 1 is 1.00 bits per heavy atom. The summed E-state index contributed by atoms with van der Waals surface area (Å²) in [6.07, 6.45) is -5.02. The van der Waals surface area contributed by atoms with Crippen molar-refractivity contribution in [3.63, 3.8) is 0 Å². The number of hydrogen-bond acceptors (Lipinski definition) is 4. The molecule has 0 aliphatic carbocycles. The van der Waals surface area contributed by atoms with E-state index in [2.05, 4.69) is 4.90 Å². The zero-order valence-corrected chi connectivity index (χ0v) is 20.3. The van der Waals surface area contributed by atoms with Crippen molar-refractivity contribution in [2.45, 2.75) is 19.2 Å². The van der Waals surface area contributed by atoms with Crippen LogP contribution in [0.3, 0.4) is 0 Å². The fourth-order valence-electron chi connectivity index (χ4n) is 4.88. The highest BCUT2D eigenvalue weighted by atomic mass is 19.4. The van der Waals surface area contributed by atoms with E-state index in [1.54, 1.807) is 12.1 Å². The van der Waals surface area contributed by atoms with Crippen LogP contribution in [-0.4, -0.2) is 42.9 Å². The second-order valence-corrected chi connectivity index (χ2v) is 9.49. The fraction of sp³-hybridized carbons (Fsp3) is 0.310. The van der Waals surface area contributed by atoms with E-state index >= 15 is 0 Å². The summed E-state index contributed by atoms with van der Waals surface area (Å²) >= 11 is 0. The van der Waals surface area contributed by atoms with Gasteiger partial charge in [-0.25, -0.2) is 0 Å². The molecule has 5 rings (SSSR count). The van der Waals surface area contributed by atoms with E-state index in [1.165, 1.54) is 18.2 Å². The Morgan fingerprint density at radius 3 is 2.35 bits per heavy atom. The molecule has 2 aliphatic rings. The van der Waals surface area contributed by atoms with E-state index in [9.17, 15) is 22.7 Å². The average molecular weight is 514 g/mol. The first-order valence-corrected chi connectivity index (χ1v) is 12.1. The Balaban J connectivity index is 1.40. The molecule has 0 unspecified atom stereocenters. The Hall–Kier alpha value is -3.52. The van der Waals surface area contributed by atoms with Gasteiger partial charge in [-0.2, -0.15) is 13.2 Å². The number of ether oxygens (including phenoxy) is 2. The standard InChI is InChI=1S/C29H27F4NO3/c1-18-25-11-8-23(35)14-26(25)37-28(27(18)20-2-6-22(7-3-20)29(31,32)33)21-4-9-24(10-5-21)36-13-12-34-16-19(15-30)17-34/h2-11,14,19,28,35H,12-13,15-17H2,1H3/t28-/m0/s1. The molecule has 1 atom stereocenters. The fourth-order valence-corrected chi connectivity index (χ4v) is 4.88. The Bertz CT molecular complexity index is 1280. The van der Waals surface area contributed by atoms with Crippen LogP contribution >= 0.6 is 0 Å². The van der Waals surface area contributed by atoms with Crippen molar-refractivity contribution < 1.29 is 32.1 Å². The van der Waals surface area contributed by atoms with Gasteiger partial charge in [0.2, 0.25) is 0 Å². The van der Waals surface area contributed by atoms with Crippen molar-refractivity contribution in [3.05, 3.63) is 89.0 Å². The third kappa shape index (κ3) is 5.30. The molecule has 0 spiro atoms. The summed E-state index contributed by atoms with van der Waals surface area (Å²) in [5, 5.41) is 9.99. The molecule has 0 radical (unpaired) electrons. The molecule has 8 heteroatoms. The molecule has 2 heterocycles. The first kappa shape index (κ1) is 25.1. The van der Waals surface area contributed by atoms with Crippen LogP contribution in [0.15, 0.2) is 66.7 Å². The Kier molecular flexibility index (Phi) is 6.86. The number of phenols is 1. The summed E-state index contributed by atoms with van der Waals surface area (Å²) in [5.41, 5.74) is 3.07. The van der Waals surface area contributed by atoms with Crippen LogP contribution in [0, 0.1) is 5.92 Å². The third-order valence-electron chi connectivity index (χ3n) is 6.91. The minimum Gasteiger partial charge on any atom is -0.508 e. The summed E-state index contributed by atoms with van der Waals surface area (Å²) in [6, 6.07) is 17.3. The number of nitrogens with zero attached hydrogens (tertiary/aromatic N) is 1. The molecule has 2 aliphatic heterocycles. The van der Waals surface area contributed by atoms with Gasteiger partial charge in [0.25, 0.3) is 0 Å². The van der Waals surface area contributed by atoms with Crippen LogP contribution in [-0.2, 0) is 6.18 Å². The number of alkyl halides is 4. The van der Waals surface area contributed by atoms with Gasteiger partial charge < -0.3 is 14.6 Å². The highest BCUT2D eigenvalue weighted by Gasteiger charge is 2.33. The molecule has 3 aromatic rings. The van der Waals surface area contributed by atoms with E-state index in [1.807, 2.05) is 31.2 Å². The molecular formula is C29H27F4NO3. The van der Waals surface area contributed by atoms with Crippen molar-refractivity contribution in [3.8, 4) is 17.2 Å². The van der Waals surface area contributed by atoms with Crippen LogP contribution in [0.1, 0.15) is 35.3 Å². The van der Waals surface area contributed by atoms with Gasteiger partial charge in [-0.1, -0.05) is 24.3 Å². The summed E-state index contributed by atoms with van der Waals surface area (Å²) in [4.78, 5) is 2.14. The van der Waals surface area contributed by atoms with Crippen molar-refractivity contribution in [2.24, 2.45) is 5.92 Å². The number of rotatable bonds is 7. The number of hydrogen-bond donors (Lipinski definition) is 1. The zero-order chi connectivity index (χ0) is 26.2. The number of fused-ring (bicyclic) bond motifs is 1. The number of aromatic hydroxyl groups is 1. The number of likely N-dealkylation sites (tertiary alicyclic amines) is 1. The van der Waals surface area contributed by atoms with E-state index in [-0.39, 0.29) is 18.3 Å². The Labute approximate surface area is 212 Å². The quantitative estimate of drug-likeness (QED) is 0.355. The highest BCUT2D eigenvalue weighted by molar-refractivity contribution is 5.95. The molecule has 3 aromatic carbocycles. The van der Waals surface area contributed by atoms with E-state index in [0.717, 1.165) is 54.0 Å². The maximum Gasteiger partial charge on any atom is 0.416 e. The van der Waals surface area contributed by atoms with Crippen molar-refractivity contribution in [1.29, 1.82) is 0 Å². The van der Waals surface area contributed by atoms with Crippen molar-refractivity contribution >= 4 is 11.1 Å². The average Bonchev–Trinajstić information content (AvgIpc) is 2.85. The highest BCUT2D eigenvalue weighted by Crippen LogP contribution is 2.47. The molecule has 1 fully saturated rings. The molecule has 0 aromatic heterocycles. The van der Waals surface area contributed by atoms with E-state index in [0.29, 0.717) is 23.7 Å². The Morgan fingerprint density at radius 2 is 1.70 bits per heavy atom. The molecular weight excluding hydrogens is 486 g/mol. The monoisotopic (exact) mass is 513 g/mol. The van der Waals surface area contributed by atoms with Crippen molar-refractivity contribution in [1.82, 2.24) is 4.90 Å². The number of allylic oxidation sites excluding steroid dienone is 1. The third-order valence-corrected chi connectivity index (χ3v) is 6.91. The van der Waals surface area contributed by atoms with Gasteiger partial charge >= 0.3 is 6.18 Å². The molecule has 37 heavy (non-hydrogen) atoms. The van der Waals surface area contributed by atoms with Crippen LogP contribution in [0.25, 0.3) is 11.1 Å². The topological polar surface area (TPSA) is 41.9 Å². The summed E-state index contributed by atoms with van der Waals surface area (Å²) in [7, 11) is 0. The lowest BCUT2D eigenvalue weighted by molar-refractivity contribution is -0.137. The van der Waals surface area contributed by atoms with Gasteiger partial charge in [0.15, 0.2) is 0 Å². The van der Waals surface area contributed by atoms with E-state index in [4.69, 9.17) is 9.47 Å². The maximum atomic E-state index is 13.2. The molecule has 0 bridgehead atoms. The molecule has 0 amide bonds. The van der Waals surface area contributed by atoms with Gasteiger partial charge in [0, 0.05) is 42.8 Å². The number of benzene rings is 3. The lowest BCUT2D eigenvalue weighted by Gasteiger charge is -2.37. The molecule has 1 N–H and O–H groups in total.